The molecule has 0 bridgehead atoms. The van der Waals surface area contributed by atoms with E-state index in [1.165, 1.54) is 6.08 Å². The van der Waals surface area contributed by atoms with Gasteiger partial charge in [-0.25, -0.2) is 9.67 Å². The maximum absolute atomic E-state index is 12.2. The molecule has 0 spiro atoms. The normalized spacial score (nSPS) is 13.4. The van der Waals surface area contributed by atoms with Gasteiger partial charge in [-0.2, -0.15) is 5.10 Å². The van der Waals surface area contributed by atoms with Crippen LogP contribution < -0.4 is 11.1 Å². The average molecular weight is 432 g/mol. The third kappa shape index (κ3) is 3.50. The summed E-state index contributed by atoms with van der Waals surface area (Å²) >= 11 is 0. The Hall–Kier alpha value is -4.06. The van der Waals surface area contributed by atoms with Crippen LogP contribution in [0.15, 0.2) is 31.1 Å². The van der Waals surface area contributed by atoms with Crippen molar-refractivity contribution in [2.75, 3.05) is 25.5 Å². The Bertz CT molecular complexity index is 1300. The van der Waals surface area contributed by atoms with Crippen LogP contribution >= 0.6 is 0 Å². The van der Waals surface area contributed by atoms with E-state index in [4.69, 9.17) is 5.73 Å². The van der Waals surface area contributed by atoms with Gasteiger partial charge in [-0.3, -0.25) is 9.59 Å². The summed E-state index contributed by atoms with van der Waals surface area (Å²) in [6.07, 6.45) is 3.10. The molecule has 0 atom stereocenters. The van der Waals surface area contributed by atoms with E-state index in [1.54, 1.807) is 16.6 Å². The Labute approximate surface area is 185 Å². The van der Waals surface area contributed by atoms with Crippen LogP contribution in [0.5, 0.6) is 0 Å². The number of imidazole rings is 1. The predicted molar refractivity (Wildman–Crippen MR) is 122 cm³/mol. The number of likely N-dealkylation sites (tertiary alicyclic amines) is 1. The number of carbonyl (C=O) groups is 2. The van der Waals surface area contributed by atoms with E-state index in [-0.39, 0.29) is 17.5 Å². The van der Waals surface area contributed by atoms with Crippen LogP contribution in [-0.2, 0) is 11.3 Å². The van der Waals surface area contributed by atoms with Crippen molar-refractivity contribution in [1.29, 1.82) is 0 Å². The molecular weight excluding hydrogens is 406 g/mol. The maximum Gasteiger partial charge on any atom is 0.255 e. The van der Waals surface area contributed by atoms with Crippen molar-refractivity contribution in [3.8, 4) is 11.8 Å². The summed E-state index contributed by atoms with van der Waals surface area (Å²) in [6.45, 7) is 9.35. The quantitative estimate of drug-likeness (QED) is 0.472. The highest BCUT2D eigenvalue weighted by atomic mass is 16.2. The lowest BCUT2D eigenvalue weighted by Crippen LogP contribution is -2.50. The van der Waals surface area contributed by atoms with Crippen LogP contribution in [0.1, 0.15) is 40.1 Å². The molecule has 4 rings (SSSR count). The molecule has 0 saturated carbocycles. The largest absolute Gasteiger partial charge is 0.373 e. The number of nitrogens with zero attached hydrogens (tertiary/aromatic N) is 5. The Balaban J connectivity index is 1.72. The second-order valence-electron chi connectivity index (χ2n) is 7.67. The van der Waals surface area contributed by atoms with Crippen LogP contribution in [-0.4, -0.2) is 56.2 Å². The number of aromatic nitrogens is 4. The molecule has 1 aromatic carbocycles. The van der Waals surface area contributed by atoms with Gasteiger partial charge in [-0.05, 0) is 43.5 Å². The number of carbonyl (C=O) groups excluding carboxylic acids is 2. The van der Waals surface area contributed by atoms with E-state index in [9.17, 15) is 9.59 Å². The van der Waals surface area contributed by atoms with E-state index in [1.807, 2.05) is 19.3 Å². The van der Waals surface area contributed by atoms with Crippen molar-refractivity contribution in [3.05, 3.63) is 53.5 Å². The molecule has 1 aliphatic rings. The topological polar surface area (TPSA) is 111 Å². The van der Waals surface area contributed by atoms with E-state index < -0.39 is 5.91 Å². The molecule has 2 aromatic heterocycles. The van der Waals surface area contributed by atoms with Gasteiger partial charge in [0.05, 0.1) is 23.4 Å². The number of amides is 2. The van der Waals surface area contributed by atoms with E-state index in [0.29, 0.717) is 24.6 Å². The number of hydrogen-bond donors (Lipinski definition) is 2. The monoisotopic (exact) mass is 431 g/mol. The molecule has 9 nitrogen and oxygen atoms in total. The highest BCUT2D eigenvalue weighted by Gasteiger charge is 2.34. The number of aryl methyl sites for hydroxylation is 2. The standard InChI is InChI=1S/C23H25N7O2/c1-5-20(31)29-11-16(12-29)30-23(25-4)21(22(24)32)17(27-30)8-7-15-10-18-19(9-14(15)3)28(6-2)13-26-18/h5,9-10,13,16,25H,1,6,11-12H2,2-4H3,(H2,24,32). The van der Waals surface area contributed by atoms with Gasteiger partial charge in [-0.1, -0.05) is 12.5 Å². The van der Waals surface area contributed by atoms with Crippen molar-refractivity contribution in [1.82, 2.24) is 24.2 Å². The number of nitrogens with two attached hydrogens (primary N) is 1. The first kappa shape index (κ1) is 21.2. The second kappa shape index (κ2) is 8.23. The molecule has 0 aliphatic carbocycles. The number of primary amides is 1. The fourth-order valence-electron chi connectivity index (χ4n) is 3.90. The van der Waals surface area contributed by atoms with Gasteiger partial charge in [0.1, 0.15) is 11.4 Å². The molecule has 0 radical (unpaired) electrons. The number of hydrogen-bond acceptors (Lipinski definition) is 5. The lowest BCUT2D eigenvalue weighted by molar-refractivity contribution is -0.131. The molecule has 1 saturated heterocycles. The zero-order chi connectivity index (χ0) is 23.0. The molecule has 2 amide bonds. The van der Waals surface area contributed by atoms with Crippen molar-refractivity contribution >= 4 is 28.7 Å². The lowest BCUT2D eigenvalue weighted by Gasteiger charge is -2.39. The minimum absolute atomic E-state index is 0.0777. The number of benzene rings is 1. The van der Waals surface area contributed by atoms with Gasteiger partial charge in [0.2, 0.25) is 5.91 Å². The van der Waals surface area contributed by atoms with Crippen molar-refractivity contribution < 1.29 is 9.59 Å². The first-order valence-corrected chi connectivity index (χ1v) is 10.4. The molecule has 0 unspecified atom stereocenters. The van der Waals surface area contributed by atoms with Crippen LogP contribution in [0.25, 0.3) is 11.0 Å². The van der Waals surface area contributed by atoms with Crippen LogP contribution in [0, 0.1) is 18.8 Å². The molecule has 9 heteroatoms. The molecular formula is C23H25N7O2. The SMILES string of the molecule is C=CC(=O)N1CC(n2nc(C#Cc3cc4ncn(CC)c4cc3C)c(C(N)=O)c2NC)C1. The fraction of sp³-hybridized carbons (Fsp3) is 0.304. The molecule has 1 fully saturated rings. The highest BCUT2D eigenvalue weighted by Crippen LogP contribution is 2.29. The van der Waals surface area contributed by atoms with Crippen molar-refractivity contribution in [2.24, 2.45) is 5.73 Å². The zero-order valence-electron chi connectivity index (χ0n) is 18.3. The summed E-state index contributed by atoms with van der Waals surface area (Å²) in [5, 5.41) is 7.58. The van der Waals surface area contributed by atoms with Crippen LogP contribution in [0.2, 0.25) is 0 Å². The smallest absolute Gasteiger partial charge is 0.255 e. The Morgan fingerprint density at radius 2 is 2.09 bits per heavy atom. The van der Waals surface area contributed by atoms with Gasteiger partial charge in [0.15, 0.2) is 5.69 Å². The van der Waals surface area contributed by atoms with Crippen molar-refractivity contribution in [2.45, 2.75) is 26.4 Å². The summed E-state index contributed by atoms with van der Waals surface area (Å²) in [7, 11) is 1.70. The average Bonchev–Trinajstić information content (AvgIpc) is 3.31. The first-order valence-electron chi connectivity index (χ1n) is 10.4. The van der Waals surface area contributed by atoms with Crippen LogP contribution in [0.4, 0.5) is 5.82 Å². The summed E-state index contributed by atoms with van der Waals surface area (Å²) in [4.78, 5) is 30.1. The molecule has 32 heavy (non-hydrogen) atoms. The van der Waals surface area contributed by atoms with E-state index in [2.05, 4.69) is 51.4 Å². The minimum Gasteiger partial charge on any atom is -0.373 e. The second-order valence-corrected chi connectivity index (χ2v) is 7.67. The molecule has 164 valence electrons. The maximum atomic E-state index is 12.2. The van der Waals surface area contributed by atoms with Crippen LogP contribution in [0.3, 0.4) is 0 Å². The van der Waals surface area contributed by atoms with Gasteiger partial charge in [0.25, 0.3) is 5.91 Å². The Morgan fingerprint density at radius 3 is 2.72 bits per heavy atom. The lowest BCUT2D eigenvalue weighted by atomic mass is 10.1. The molecule has 3 aromatic rings. The summed E-state index contributed by atoms with van der Waals surface area (Å²) < 4.78 is 3.76. The summed E-state index contributed by atoms with van der Waals surface area (Å²) in [5.74, 6) is 5.90. The zero-order valence-corrected chi connectivity index (χ0v) is 18.3. The highest BCUT2D eigenvalue weighted by molar-refractivity contribution is 6.00. The van der Waals surface area contributed by atoms with Gasteiger partial charge in [0, 0.05) is 32.2 Å². The van der Waals surface area contributed by atoms with Crippen molar-refractivity contribution in [3.63, 3.8) is 0 Å². The molecule has 1 aliphatic heterocycles. The van der Waals surface area contributed by atoms with Gasteiger partial charge in [-0.15, -0.1) is 0 Å². The summed E-state index contributed by atoms with van der Waals surface area (Å²) in [5.41, 5.74) is 9.93. The Morgan fingerprint density at radius 1 is 1.34 bits per heavy atom. The number of anilines is 1. The third-order valence-corrected chi connectivity index (χ3v) is 5.71. The Kier molecular flexibility index (Phi) is 5.45. The van der Waals surface area contributed by atoms with Gasteiger partial charge >= 0.3 is 0 Å². The number of rotatable bonds is 5. The minimum atomic E-state index is -0.614. The molecule has 3 heterocycles. The molecule has 3 N–H and O–H groups in total. The summed E-state index contributed by atoms with van der Waals surface area (Å²) in [6, 6.07) is 3.92. The van der Waals surface area contributed by atoms with E-state index >= 15 is 0 Å². The van der Waals surface area contributed by atoms with E-state index in [0.717, 1.165) is 28.7 Å². The number of nitrogens with one attached hydrogen (secondary N) is 1. The predicted octanol–water partition coefficient (Wildman–Crippen LogP) is 1.67. The fourth-order valence-corrected chi connectivity index (χ4v) is 3.90. The first-order chi connectivity index (χ1) is 15.4. The third-order valence-electron chi connectivity index (χ3n) is 5.71. The number of fused-ring (bicyclic) bond motifs is 1. The van der Waals surface area contributed by atoms with Gasteiger partial charge < -0.3 is 20.5 Å².